The standard InChI is InChI=1S/C12H15FN2/c1-3-4-5-12(15-14)10-6-7-11(13)9(2)8-10/h6-8,12,15H,5,14H2,1-2H3. The second-order valence-electron chi connectivity index (χ2n) is 3.36. The Bertz CT molecular complexity index is 390. The van der Waals surface area contributed by atoms with Gasteiger partial charge in [-0.2, -0.15) is 0 Å². The van der Waals surface area contributed by atoms with Crippen molar-refractivity contribution in [3.63, 3.8) is 0 Å². The maximum absolute atomic E-state index is 13.0. The minimum atomic E-state index is -0.198. The van der Waals surface area contributed by atoms with Crippen LogP contribution in [0.3, 0.4) is 0 Å². The predicted molar refractivity (Wildman–Crippen MR) is 59.3 cm³/mol. The van der Waals surface area contributed by atoms with Crippen LogP contribution < -0.4 is 11.3 Å². The molecule has 1 atom stereocenters. The zero-order valence-corrected chi connectivity index (χ0v) is 8.97. The monoisotopic (exact) mass is 206 g/mol. The number of hydrogen-bond donors (Lipinski definition) is 2. The van der Waals surface area contributed by atoms with Gasteiger partial charge in [0, 0.05) is 6.42 Å². The van der Waals surface area contributed by atoms with Gasteiger partial charge in [-0.1, -0.05) is 12.1 Å². The SMILES string of the molecule is CC#CCC(NN)c1ccc(F)c(C)c1. The highest BCUT2D eigenvalue weighted by Gasteiger charge is 2.09. The van der Waals surface area contributed by atoms with Crippen LogP contribution in [0.25, 0.3) is 0 Å². The smallest absolute Gasteiger partial charge is 0.126 e. The van der Waals surface area contributed by atoms with E-state index in [9.17, 15) is 4.39 Å². The molecule has 80 valence electrons. The van der Waals surface area contributed by atoms with Crippen molar-refractivity contribution >= 4 is 0 Å². The van der Waals surface area contributed by atoms with Crippen LogP contribution in [-0.2, 0) is 0 Å². The molecule has 1 unspecified atom stereocenters. The summed E-state index contributed by atoms with van der Waals surface area (Å²) in [6.45, 7) is 3.52. The van der Waals surface area contributed by atoms with E-state index in [2.05, 4.69) is 17.3 Å². The molecular weight excluding hydrogens is 191 g/mol. The molecule has 0 aliphatic heterocycles. The summed E-state index contributed by atoms with van der Waals surface area (Å²) in [6.07, 6.45) is 0.623. The van der Waals surface area contributed by atoms with Crippen LogP contribution in [0, 0.1) is 24.6 Å². The van der Waals surface area contributed by atoms with Crippen molar-refractivity contribution in [2.45, 2.75) is 26.3 Å². The van der Waals surface area contributed by atoms with Gasteiger partial charge >= 0.3 is 0 Å². The average Bonchev–Trinajstić information content (AvgIpc) is 2.24. The summed E-state index contributed by atoms with van der Waals surface area (Å²) in [4.78, 5) is 0. The first-order valence-corrected chi connectivity index (χ1v) is 4.80. The Kier molecular flexibility index (Phi) is 4.29. The predicted octanol–water partition coefficient (Wildman–Crippen LogP) is 2.05. The maximum Gasteiger partial charge on any atom is 0.126 e. The Hall–Kier alpha value is -1.37. The minimum Gasteiger partial charge on any atom is -0.271 e. The molecule has 1 rings (SSSR count). The number of halogens is 1. The van der Waals surface area contributed by atoms with E-state index in [1.165, 1.54) is 6.07 Å². The molecule has 0 fully saturated rings. The van der Waals surface area contributed by atoms with Gasteiger partial charge in [-0.3, -0.25) is 11.3 Å². The largest absolute Gasteiger partial charge is 0.271 e. The number of nitrogens with one attached hydrogen (secondary N) is 1. The Balaban J connectivity index is 2.90. The number of nitrogens with two attached hydrogens (primary N) is 1. The van der Waals surface area contributed by atoms with Crippen LogP contribution in [-0.4, -0.2) is 0 Å². The fourth-order valence-electron chi connectivity index (χ4n) is 1.36. The molecule has 2 nitrogen and oxygen atoms in total. The van der Waals surface area contributed by atoms with Gasteiger partial charge < -0.3 is 0 Å². The van der Waals surface area contributed by atoms with Crippen LogP contribution in [0.2, 0.25) is 0 Å². The van der Waals surface area contributed by atoms with E-state index in [1.54, 1.807) is 26.0 Å². The molecule has 15 heavy (non-hydrogen) atoms. The summed E-state index contributed by atoms with van der Waals surface area (Å²) in [6, 6.07) is 4.92. The van der Waals surface area contributed by atoms with Gasteiger partial charge in [0.25, 0.3) is 0 Å². The second-order valence-corrected chi connectivity index (χ2v) is 3.36. The summed E-state index contributed by atoms with van der Waals surface area (Å²) >= 11 is 0. The molecule has 1 aromatic rings. The zero-order valence-electron chi connectivity index (χ0n) is 8.97. The van der Waals surface area contributed by atoms with Crippen LogP contribution in [0.15, 0.2) is 18.2 Å². The third kappa shape index (κ3) is 3.05. The Morgan fingerprint density at radius 3 is 2.80 bits per heavy atom. The molecule has 0 radical (unpaired) electrons. The van der Waals surface area contributed by atoms with Crippen LogP contribution in [0.4, 0.5) is 4.39 Å². The Labute approximate surface area is 89.6 Å². The molecule has 1 aromatic carbocycles. The normalized spacial score (nSPS) is 11.7. The Morgan fingerprint density at radius 2 is 2.27 bits per heavy atom. The Morgan fingerprint density at radius 1 is 1.53 bits per heavy atom. The quantitative estimate of drug-likeness (QED) is 0.451. The van der Waals surface area contributed by atoms with Crippen LogP contribution >= 0.6 is 0 Å². The van der Waals surface area contributed by atoms with Gasteiger partial charge in [-0.05, 0) is 31.0 Å². The van der Waals surface area contributed by atoms with E-state index < -0.39 is 0 Å². The molecule has 0 saturated heterocycles. The molecular formula is C12H15FN2. The highest BCUT2D eigenvalue weighted by atomic mass is 19.1. The molecule has 0 spiro atoms. The molecule has 0 bridgehead atoms. The molecule has 0 aromatic heterocycles. The lowest BCUT2D eigenvalue weighted by atomic mass is 10.0. The highest BCUT2D eigenvalue weighted by Crippen LogP contribution is 2.18. The van der Waals surface area contributed by atoms with Gasteiger partial charge in [-0.25, -0.2) is 4.39 Å². The third-order valence-corrected chi connectivity index (χ3v) is 2.27. The maximum atomic E-state index is 13.0. The van der Waals surface area contributed by atoms with E-state index in [-0.39, 0.29) is 11.9 Å². The van der Waals surface area contributed by atoms with Gasteiger partial charge in [0.15, 0.2) is 0 Å². The second kappa shape index (κ2) is 5.50. The van der Waals surface area contributed by atoms with E-state index >= 15 is 0 Å². The number of hydrazine groups is 1. The number of aryl methyl sites for hydroxylation is 1. The molecule has 0 amide bonds. The fourth-order valence-corrected chi connectivity index (χ4v) is 1.36. The average molecular weight is 206 g/mol. The van der Waals surface area contributed by atoms with Gasteiger partial charge in [-0.15, -0.1) is 11.8 Å². The van der Waals surface area contributed by atoms with Crippen molar-refractivity contribution in [3.05, 3.63) is 35.1 Å². The molecule has 0 aliphatic carbocycles. The highest BCUT2D eigenvalue weighted by molar-refractivity contribution is 5.27. The lowest BCUT2D eigenvalue weighted by Crippen LogP contribution is -2.27. The van der Waals surface area contributed by atoms with Gasteiger partial charge in [0.2, 0.25) is 0 Å². The van der Waals surface area contributed by atoms with Crippen molar-refractivity contribution in [2.24, 2.45) is 5.84 Å². The topological polar surface area (TPSA) is 38.0 Å². The van der Waals surface area contributed by atoms with Gasteiger partial charge in [0.05, 0.1) is 6.04 Å². The summed E-state index contributed by atoms with van der Waals surface area (Å²) in [5.41, 5.74) is 4.25. The molecule has 0 heterocycles. The summed E-state index contributed by atoms with van der Waals surface area (Å²) < 4.78 is 13.0. The van der Waals surface area contributed by atoms with E-state index in [0.29, 0.717) is 12.0 Å². The van der Waals surface area contributed by atoms with E-state index in [1.807, 2.05) is 0 Å². The first-order chi connectivity index (χ1) is 7.19. The molecule has 3 heteroatoms. The van der Waals surface area contributed by atoms with Gasteiger partial charge in [0.1, 0.15) is 5.82 Å². The summed E-state index contributed by atoms with van der Waals surface area (Å²) in [5, 5.41) is 0. The van der Waals surface area contributed by atoms with Crippen molar-refractivity contribution in [1.29, 1.82) is 0 Å². The lowest BCUT2D eigenvalue weighted by molar-refractivity contribution is 0.563. The number of benzene rings is 1. The number of hydrogen-bond acceptors (Lipinski definition) is 2. The molecule has 3 N–H and O–H groups in total. The first kappa shape index (κ1) is 11.7. The summed E-state index contributed by atoms with van der Waals surface area (Å²) in [5.74, 6) is 11.0. The zero-order chi connectivity index (χ0) is 11.3. The van der Waals surface area contributed by atoms with Crippen molar-refractivity contribution in [1.82, 2.24) is 5.43 Å². The van der Waals surface area contributed by atoms with Crippen molar-refractivity contribution < 1.29 is 4.39 Å². The third-order valence-electron chi connectivity index (χ3n) is 2.27. The number of rotatable bonds is 3. The van der Waals surface area contributed by atoms with E-state index in [4.69, 9.17) is 5.84 Å². The van der Waals surface area contributed by atoms with Crippen molar-refractivity contribution in [3.8, 4) is 11.8 Å². The van der Waals surface area contributed by atoms with Crippen LogP contribution in [0.1, 0.15) is 30.5 Å². The first-order valence-electron chi connectivity index (χ1n) is 4.80. The lowest BCUT2D eigenvalue weighted by Gasteiger charge is -2.14. The van der Waals surface area contributed by atoms with E-state index in [0.717, 1.165) is 5.56 Å². The van der Waals surface area contributed by atoms with Crippen molar-refractivity contribution in [2.75, 3.05) is 0 Å². The molecule has 0 aliphatic rings. The summed E-state index contributed by atoms with van der Waals surface area (Å²) in [7, 11) is 0. The minimum absolute atomic E-state index is 0.0447. The van der Waals surface area contributed by atoms with Crippen LogP contribution in [0.5, 0.6) is 0 Å². The molecule has 0 saturated carbocycles. The fraction of sp³-hybridized carbons (Fsp3) is 0.333.